The van der Waals surface area contributed by atoms with Gasteiger partial charge in [-0.2, -0.15) is 5.10 Å². The van der Waals surface area contributed by atoms with Crippen molar-refractivity contribution >= 4 is 11.6 Å². The third-order valence-corrected chi connectivity index (χ3v) is 3.88. The molecule has 0 radical (unpaired) electrons. The van der Waals surface area contributed by atoms with Gasteiger partial charge in [-0.25, -0.2) is 0 Å². The van der Waals surface area contributed by atoms with E-state index in [1.54, 1.807) is 13.3 Å². The van der Waals surface area contributed by atoms with Gasteiger partial charge in [0.05, 0.1) is 19.0 Å². The number of hydrogen-bond acceptors (Lipinski definition) is 2. The molecule has 0 bridgehead atoms. The number of halogens is 1. The van der Waals surface area contributed by atoms with Crippen LogP contribution in [0.15, 0.2) is 6.20 Å². The van der Waals surface area contributed by atoms with Gasteiger partial charge in [0.2, 0.25) is 0 Å². The molecule has 0 aliphatic rings. The third kappa shape index (κ3) is 3.63. The van der Waals surface area contributed by atoms with Gasteiger partial charge in [-0.3, -0.25) is 4.68 Å². The molecular weight excluding hydrogens is 236 g/mol. The van der Waals surface area contributed by atoms with Crippen LogP contribution in [0.3, 0.4) is 0 Å². The predicted molar refractivity (Wildman–Crippen MR) is 71.9 cm³/mol. The number of rotatable bonds is 5. The van der Waals surface area contributed by atoms with Crippen LogP contribution in [-0.4, -0.2) is 22.3 Å². The third-order valence-electron chi connectivity index (χ3n) is 3.00. The second kappa shape index (κ2) is 5.76. The van der Waals surface area contributed by atoms with Crippen LogP contribution in [0, 0.1) is 5.41 Å². The maximum atomic E-state index is 6.39. The molecule has 1 aromatic heterocycles. The van der Waals surface area contributed by atoms with Gasteiger partial charge < -0.3 is 4.74 Å². The van der Waals surface area contributed by atoms with Crippen molar-refractivity contribution < 1.29 is 4.74 Å². The van der Waals surface area contributed by atoms with E-state index in [1.165, 1.54) is 0 Å². The summed E-state index contributed by atoms with van der Waals surface area (Å²) in [6, 6.07) is 0. The lowest BCUT2D eigenvalue weighted by molar-refractivity contribution is 0.367. The van der Waals surface area contributed by atoms with E-state index in [2.05, 4.69) is 32.8 Å². The van der Waals surface area contributed by atoms with E-state index in [0.717, 1.165) is 30.8 Å². The molecule has 0 saturated heterocycles. The summed E-state index contributed by atoms with van der Waals surface area (Å²) < 4.78 is 7.30. The van der Waals surface area contributed by atoms with E-state index in [0.29, 0.717) is 0 Å². The lowest BCUT2D eigenvalue weighted by Gasteiger charge is -2.25. The fraction of sp³-hybridized carbons (Fsp3) is 0.769. The Hall–Kier alpha value is -0.700. The van der Waals surface area contributed by atoms with E-state index >= 15 is 0 Å². The molecule has 0 N–H and O–H groups in total. The maximum absolute atomic E-state index is 6.39. The van der Waals surface area contributed by atoms with E-state index in [9.17, 15) is 0 Å². The second-order valence-electron chi connectivity index (χ2n) is 5.35. The molecule has 0 spiro atoms. The largest absolute Gasteiger partial charge is 0.493 e. The van der Waals surface area contributed by atoms with Crippen LogP contribution in [0.25, 0.3) is 0 Å². The van der Waals surface area contributed by atoms with Crippen LogP contribution >= 0.6 is 11.6 Å². The minimum absolute atomic E-state index is 0.131. The Morgan fingerprint density at radius 3 is 2.59 bits per heavy atom. The molecule has 17 heavy (non-hydrogen) atoms. The number of aryl methyl sites for hydroxylation is 1. The summed E-state index contributed by atoms with van der Waals surface area (Å²) in [5.41, 5.74) is 1.27. The van der Waals surface area contributed by atoms with Gasteiger partial charge in [-0.15, -0.1) is 11.6 Å². The topological polar surface area (TPSA) is 27.1 Å². The normalized spacial score (nSPS) is 13.8. The maximum Gasteiger partial charge on any atom is 0.159 e. The summed E-state index contributed by atoms with van der Waals surface area (Å²) >= 11 is 6.39. The summed E-state index contributed by atoms with van der Waals surface area (Å²) in [4.78, 5) is 0. The van der Waals surface area contributed by atoms with E-state index in [1.807, 2.05) is 4.68 Å². The molecule has 98 valence electrons. The second-order valence-corrected chi connectivity index (χ2v) is 5.87. The highest BCUT2D eigenvalue weighted by atomic mass is 35.5. The Morgan fingerprint density at radius 1 is 1.47 bits per heavy atom. The predicted octanol–water partition coefficient (Wildman–Crippen LogP) is 3.50. The average molecular weight is 259 g/mol. The smallest absolute Gasteiger partial charge is 0.159 e. The van der Waals surface area contributed by atoms with Crippen LogP contribution in [0.5, 0.6) is 5.75 Å². The molecule has 3 nitrogen and oxygen atoms in total. The highest BCUT2D eigenvalue weighted by molar-refractivity contribution is 6.21. The number of ether oxygens (including phenoxy) is 1. The monoisotopic (exact) mass is 258 g/mol. The summed E-state index contributed by atoms with van der Waals surface area (Å²) in [6.45, 7) is 9.44. The molecule has 1 unspecified atom stereocenters. The van der Waals surface area contributed by atoms with Crippen molar-refractivity contribution in [2.45, 2.75) is 52.5 Å². The fourth-order valence-electron chi connectivity index (χ4n) is 1.79. The highest BCUT2D eigenvalue weighted by Crippen LogP contribution is 2.29. The number of nitrogens with zero attached hydrogens (tertiary/aromatic N) is 2. The molecule has 0 aromatic carbocycles. The van der Waals surface area contributed by atoms with Crippen molar-refractivity contribution in [3.8, 4) is 5.75 Å². The number of alkyl halides is 1. The van der Waals surface area contributed by atoms with Gasteiger partial charge in [0.1, 0.15) is 0 Å². The van der Waals surface area contributed by atoms with Crippen molar-refractivity contribution in [2.75, 3.05) is 7.11 Å². The molecule has 1 aromatic rings. The lowest BCUT2D eigenvalue weighted by Crippen LogP contribution is -2.21. The first-order chi connectivity index (χ1) is 7.90. The Balaban J connectivity index is 2.71. The summed E-state index contributed by atoms with van der Waals surface area (Å²) in [5, 5.41) is 4.45. The SMILES string of the molecule is CCn1ncc(OC)c1CCC(Cl)C(C)(C)C. The van der Waals surface area contributed by atoms with Crippen molar-refractivity contribution in [2.24, 2.45) is 5.41 Å². The minimum Gasteiger partial charge on any atom is -0.493 e. The molecule has 4 heteroatoms. The number of hydrogen-bond donors (Lipinski definition) is 0. The fourth-order valence-corrected chi connectivity index (χ4v) is 1.89. The van der Waals surface area contributed by atoms with Crippen LogP contribution in [0.1, 0.15) is 39.8 Å². The number of aromatic nitrogens is 2. The first-order valence-corrected chi connectivity index (χ1v) is 6.56. The van der Waals surface area contributed by atoms with Gasteiger partial charge in [0, 0.05) is 11.9 Å². The molecule has 0 aliphatic carbocycles. The van der Waals surface area contributed by atoms with Crippen molar-refractivity contribution in [3.63, 3.8) is 0 Å². The Kier molecular flexibility index (Phi) is 4.87. The van der Waals surface area contributed by atoms with Gasteiger partial charge in [-0.1, -0.05) is 20.8 Å². The Bertz CT molecular complexity index is 333. The van der Waals surface area contributed by atoms with Gasteiger partial charge in [0.25, 0.3) is 0 Å². The van der Waals surface area contributed by atoms with E-state index in [4.69, 9.17) is 16.3 Å². The van der Waals surface area contributed by atoms with Crippen LogP contribution in [-0.2, 0) is 13.0 Å². The van der Waals surface area contributed by atoms with Crippen molar-refractivity contribution in [3.05, 3.63) is 11.9 Å². The standard InChI is InChI=1S/C13H23ClN2O/c1-6-16-10(11(17-5)9-15-16)7-8-12(14)13(2,3)4/h9,12H,6-8H2,1-5H3. The van der Waals surface area contributed by atoms with Gasteiger partial charge >= 0.3 is 0 Å². The first kappa shape index (κ1) is 14.4. The summed E-state index contributed by atoms with van der Waals surface area (Å²) in [7, 11) is 1.68. The lowest BCUT2D eigenvalue weighted by atomic mass is 9.89. The average Bonchev–Trinajstić information content (AvgIpc) is 2.66. The zero-order chi connectivity index (χ0) is 13.1. The quantitative estimate of drug-likeness (QED) is 0.756. The molecule has 1 heterocycles. The van der Waals surface area contributed by atoms with Crippen molar-refractivity contribution in [1.29, 1.82) is 0 Å². The minimum atomic E-state index is 0.131. The summed E-state index contributed by atoms with van der Waals surface area (Å²) in [6.07, 6.45) is 3.62. The van der Waals surface area contributed by atoms with E-state index in [-0.39, 0.29) is 10.8 Å². The zero-order valence-electron chi connectivity index (χ0n) is 11.5. The van der Waals surface area contributed by atoms with E-state index < -0.39 is 0 Å². The number of methoxy groups -OCH3 is 1. The molecule has 0 saturated carbocycles. The highest BCUT2D eigenvalue weighted by Gasteiger charge is 2.23. The summed E-state index contributed by atoms with van der Waals surface area (Å²) in [5.74, 6) is 0.865. The molecule has 0 aliphatic heterocycles. The van der Waals surface area contributed by atoms with Crippen LogP contribution in [0.4, 0.5) is 0 Å². The molecule has 0 fully saturated rings. The Labute approximate surface area is 109 Å². The van der Waals surface area contributed by atoms with Crippen molar-refractivity contribution in [1.82, 2.24) is 9.78 Å². The van der Waals surface area contributed by atoms with Gasteiger partial charge in [-0.05, 0) is 25.2 Å². The Morgan fingerprint density at radius 2 is 2.12 bits per heavy atom. The molecule has 1 atom stereocenters. The van der Waals surface area contributed by atoms with Crippen LogP contribution < -0.4 is 4.74 Å². The molecule has 0 amide bonds. The zero-order valence-corrected chi connectivity index (χ0v) is 12.2. The molecule has 1 rings (SSSR count). The van der Waals surface area contributed by atoms with Gasteiger partial charge in [0.15, 0.2) is 5.75 Å². The first-order valence-electron chi connectivity index (χ1n) is 6.12. The molecular formula is C13H23ClN2O. The van der Waals surface area contributed by atoms with Crippen LogP contribution in [0.2, 0.25) is 0 Å².